The summed E-state index contributed by atoms with van der Waals surface area (Å²) in [5.74, 6) is 0.413. The molecule has 3 aromatic rings. The number of hydrogen-bond donors (Lipinski definition) is 1. The highest BCUT2D eigenvalue weighted by atomic mass is 79.9. The van der Waals surface area contributed by atoms with E-state index >= 15 is 0 Å². The first-order valence-electron chi connectivity index (χ1n) is 7.46. The number of rotatable bonds is 4. The summed E-state index contributed by atoms with van der Waals surface area (Å²) in [6.45, 7) is 1.94. The van der Waals surface area contributed by atoms with E-state index in [4.69, 9.17) is 27.9 Å². The van der Waals surface area contributed by atoms with Crippen LogP contribution in [0.3, 0.4) is 0 Å². The van der Waals surface area contributed by atoms with Crippen LogP contribution >= 0.6 is 50.5 Å². The first kappa shape index (κ1) is 19.2. The number of ether oxygens (including phenoxy) is 1. The summed E-state index contributed by atoms with van der Waals surface area (Å²) in [4.78, 5) is 18.0. The second kappa shape index (κ2) is 7.96. The number of nitrogens with zero attached hydrogens (tertiary/aromatic N) is 1. The molecule has 2 aromatic carbocycles. The summed E-state index contributed by atoms with van der Waals surface area (Å²) >= 11 is 16.8. The molecule has 3 rings (SSSR count). The van der Waals surface area contributed by atoms with Crippen LogP contribution in [0.15, 0.2) is 40.9 Å². The number of thiazole rings is 1. The van der Waals surface area contributed by atoms with Gasteiger partial charge in [-0.15, -0.1) is 11.3 Å². The fourth-order valence-corrected chi connectivity index (χ4v) is 4.01. The normalized spacial score (nSPS) is 10.7. The van der Waals surface area contributed by atoms with E-state index in [1.165, 1.54) is 11.3 Å². The highest BCUT2D eigenvalue weighted by molar-refractivity contribution is 9.10. The van der Waals surface area contributed by atoms with Crippen molar-refractivity contribution >= 4 is 61.5 Å². The van der Waals surface area contributed by atoms with Crippen LogP contribution in [0.25, 0.3) is 11.3 Å². The molecule has 26 heavy (non-hydrogen) atoms. The lowest BCUT2D eigenvalue weighted by Gasteiger charge is -2.06. The van der Waals surface area contributed by atoms with Crippen molar-refractivity contribution in [2.75, 3.05) is 12.4 Å². The molecule has 0 bridgehead atoms. The van der Waals surface area contributed by atoms with Crippen LogP contribution in [0.1, 0.15) is 15.2 Å². The topological polar surface area (TPSA) is 51.2 Å². The van der Waals surface area contributed by atoms with Gasteiger partial charge in [0.25, 0.3) is 5.91 Å². The molecular formula is C18H13BrCl2N2O2S. The Balaban J connectivity index is 1.84. The maximum atomic E-state index is 12.5. The lowest BCUT2D eigenvalue weighted by Crippen LogP contribution is -2.11. The van der Waals surface area contributed by atoms with Crippen LogP contribution in [0.5, 0.6) is 5.75 Å². The third kappa shape index (κ3) is 4.04. The summed E-state index contributed by atoms with van der Waals surface area (Å²) in [5, 5.41) is 4.29. The van der Waals surface area contributed by atoms with Gasteiger partial charge in [-0.2, -0.15) is 0 Å². The Morgan fingerprint density at radius 3 is 2.62 bits per heavy atom. The van der Waals surface area contributed by atoms with Gasteiger partial charge >= 0.3 is 0 Å². The standard InChI is InChI=1S/C18H13BrCl2N2O2S/c1-9-16(10-3-5-13(20)14(21)8-10)22-18(26-9)23-17(24)11-4-6-15(25-2)12(19)7-11/h3-8H,1-2H3,(H,22,23,24). The van der Waals surface area contributed by atoms with E-state index in [0.29, 0.717) is 31.0 Å². The Morgan fingerprint density at radius 2 is 1.96 bits per heavy atom. The average Bonchev–Trinajstić information content (AvgIpc) is 2.97. The van der Waals surface area contributed by atoms with E-state index in [1.54, 1.807) is 37.4 Å². The Morgan fingerprint density at radius 1 is 1.19 bits per heavy atom. The molecule has 0 radical (unpaired) electrons. The molecule has 0 unspecified atom stereocenters. The molecule has 1 heterocycles. The minimum absolute atomic E-state index is 0.247. The molecule has 0 spiro atoms. The predicted octanol–water partition coefficient (Wildman–Crippen LogP) is 6.45. The van der Waals surface area contributed by atoms with Gasteiger partial charge in [0.2, 0.25) is 0 Å². The largest absolute Gasteiger partial charge is 0.496 e. The number of carbonyl (C=O) groups is 1. The number of anilines is 1. The molecule has 0 fully saturated rings. The number of aryl methyl sites for hydroxylation is 1. The Kier molecular flexibility index (Phi) is 5.87. The van der Waals surface area contributed by atoms with Gasteiger partial charge in [-0.25, -0.2) is 4.98 Å². The number of aromatic nitrogens is 1. The second-order valence-corrected chi connectivity index (χ2v) is 8.23. The van der Waals surface area contributed by atoms with Crippen molar-refractivity contribution in [1.82, 2.24) is 4.98 Å². The highest BCUT2D eigenvalue weighted by Gasteiger charge is 2.15. The van der Waals surface area contributed by atoms with Crippen LogP contribution in [0.4, 0.5) is 5.13 Å². The van der Waals surface area contributed by atoms with Crippen molar-refractivity contribution in [3.63, 3.8) is 0 Å². The summed E-state index contributed by atoms with van der Waals surface area (Å²) in [5.41, 5.74) is 2.11. The molecule has 0 atom stereocenters. The summed E-state index contributed by atoms with van der Waals surface area (Å²) < 4.78 is 5.88. The lowest BCUT2D eigenvalue weighted by molar-refractivity contribution is 0.102. The lowest BCUT2D eigenvalue weighted by atomic mass is 10.1. The van der Waals surface area contributed by atoms with E-state index in [-0.39, 0.29) is 5.91 Å². The molecule has 1 amide bonds. The summed E-state index contributed by atoms with van der Waals surface area (Å²) in [6, 6.07) is 10.5. The van der Waals surface area contributed by atoms with Gasteiger partial charge < -0.3 is 4.74 Å². The number of hydrogen-bond acceptors (Lipinski definition) is 4. The number of benzene rings is 2. The maximum absolute atomic E-state index is 12.5. The predicted molar refractivity (Wildman–Crippen MR) is 111 cm³/mol. The maximum Gasteiger partial charge on any atom is 0.257 e. The molecule has 1 aromatic heterocycles. The van der Waals surface area contributed by atoms with E-state index in [2.05, 4.69) is 26.2 Å². The van der Waals surface area contributed by atoms with Crippen LogP contribution in [-0.2, 0) is 0 Å². The molecule has 0 saturated heterocycles. The molecular weight excluding hydrogens is 459 g/mol. The quantitative estimate of drug-likeness (QED) is 0.475. The average molecular weight is 472 g/mol. The zero-order chi connectivity index (χ0) is 18.8. The van der Waals surface area contributed by atoms with E-state index < -0.39 is 0 Å². The molecule has 8 heteroatoms. The van der Waals surface area contributed by atoms with Crippen molar-refractivity contribution in [1.29, 1.82) is 0 Å². The Labute approximate surface area is 173 Å². The third-order valence-electron chi connectivity index (χ3n) is 3.62. The zero-order valence-corrected chi connectivity index (χ0v) is 17.7. The van der Waals surface area contributed by atoms with E-state index in [0.717, 1.165) is 16.1 Å². The fourth-order valence-electron chi connectivity index (χ4n) is 2.34. The van der Waals surface area contributed by atoms with Crippen molar-refractivity contribution in [2.24, 2.45) is 0 Å². The van der Waals surface area contributed by atoms with Crippen LogP contribution < -0.4 is 10.1 Å². The third-order valence-corrected chi connectivity index (χ3v) is 5.87. The second-order valence-electron chi connectivity index (χ2n) is 5.36. The molecule has 1 N–H and O–H groups in total. The number of halogens is 3. The van der Waals surface area contributed by atoms with Crippen molar-refractivity contribution in [2.45, 2.75) is 6.92 Å². The summed E-state index contributed by atoms with van der Waals surface area (Å²) in [7, 11) is 1.57. The van der Waals surface area contributed by atoms with Gasteiger partial charge in [0.1, 0.15) is 5.75 Å². The molecule has 0 aliphatic heterocycles. The Bertz CT molecular complexity index is 991. The smallest absolute Gasteiger partial charge is 0.257 e. The number of nitrogens with one attached hydrogen (secondary N) is 1. The number of amides is 1. The molecule has 134 valence electrons. The minimum atomic E-state index is -0.247. The van der Waals surface area contributed by atoms with Gasteiger partial charge in [-0.3, -0.25) is 10.1 Å². The monoisotopic (exact) mass is 470 g/mol. The van der Waals surface area contributed by atoms with Gasteiger partial charge in [-0.1, -0.05) is 29.3 Å². The van der Waals surface area contributed by atoms with Crippen LogP contribution in [0.2, 0.25) is 10.0 Å². The number of methoxy groups -OCH3 is 1. The molecule has 0 saturated carbocycles. The first-order chi connectivity index (χ1) is 12.4. The number of carbonyl (C=O) groups excluding carboxylic acids is 1. The van der Waals surface area contributed by atoms with E-state index in [9.17, 15) is 4.79 Å². The van der Waals surface area contributed by atoms with Gasteiger partial charge in [0, 0.05) is 16.0 Å². The minimum Gasteiger partial charge on any atom is -0.496 e. The fraction of sp³-hybridized carbons (Fsp3) is 0.111. The van der Waals surface area contributed by atoms with Crippen molar-refractivity contribution in [3.8, 4) is 17.0 Å². The molecule has 0 aliphatic rings. The van der Waals surface area contributed by atoms with Gasteiger partial charge in [0.15, 0.2) is 5.13 Å². The SMILES string of the molecule is COc1ccc(C(=O)Nc2nc(-c3ccc(Cl)c(Cl)c3)c(C)s2)cc1Br. The summed E-state index contributed by atoms with van der Waals surface area (Å²) in [6.07, 6.45) is 0. The first-order valence-corrected chi connectivity index (χ1v) is 9.83. The van der Waals surface area contributed by atoms with Gasteiger partial charge in [-0.05, 0) is 53.2 Å². The molecule has 4 nitrogen and oxygen atoms in total. The highest BCUT2D eigenvalue weighted by Crippen LogP contribution is 2.34. The van der Waals surface area contributed by atoms with Crippen LogP contribution in [-0.4, -0.2) is 18.0 Å². The van der Waals surface area contributed by atoms with Gasteiger partial charge in [0.05, 0.1) is 27.3 Å². The molecule has 0 aliphatic carbocycles. The van der Waals surface area contributed by atoms with Crippen LogP contribution in [0, 0.1) is 6.92 Å². The van der Waals surface area contributed by atoms with E-state index in [1.807, 2.05) is 13.0 Å². The Hall–Kier alpha value is -1.60. The van der Waals surface area contributed by atoms with Crippen molar-refractivity contribution in [3.05, 3.63) is 61.4 Å². The van der Waals surface area contributed by atoms with Crippen molar-refractivity contribution < 1.29 is 9.53 Å². The zero-order valence-electron chi connectivity index (χ0n) is 13.8.